The number of hydrogen-bond donors (Lipinski definition) is 0. The van der Waals surface area contributed by atoms with Gasteiger partial charge in [-0.15, -0.1) is 11.3 Å². The zero-order valence-electron chi connectivity index (χ0n) is 12.0. The van der Waals surface area contributed by atoms with Gasteiger partial charge in [-0.3, -0.25) is 14.4 Å². The second kappa shape index (κ2) is 5.17. The maximum absolute atomic E-state index is 12.7. The van der Waals surface area contributed by atoms with Crippen LogP contribution in [0.3, 0.4) is 0 Å². The van der Waals surface area contributed by atoms with Crippen LogP contribution in [0, 0.1) is 6.92 Å². The summed E-state index contributed by atoms with van der Waals surface area (Å²) >= 11 is 1.45. The lowest BCUT2D eigenvalue weighted by atomic mass is 10.3. The molecule has 0 spiro atoms. The van der Waals surface area contributed by atoms with E-state index in [1.807, 2.05) is 48.4 Å². The van der Waals surface area contributed by atoms with Gasteiger partial charge < -0.3 is 4.57 Å². The van der Waals surface area contributed by atoms with Crippen molar-refractivity contribution in [3.63, 3.8) is 0 Å². The molecule has 0 aromatic carbocycles. The van der Waals surface area contributed by atoms with E-state index in [0.29, 0.717) is 10.7 Å². The molecule has 3 aromatic heterocycles. The fraction of sp³-hybridized carbons (Fsp3) is 0.214. The Bertz CT molecular complexity index is 771. The highest BCUT2D eigenvalue weighted by molar-refractivity contribution is 7.14. The molecular weight excluding hydrogens is 286 g/mol. The average Bonchev–Trinajstić information content (AvgIpc) is 3.17. The van der Waals surface area contributed by atoms with Crippen molar-refractivity contribution < 1.29 is 4.79 Å². The van der Waals surface area contributed by atoms with E-state index in [4.69, 9.17) is 0 Å². The highest BCUT2D eigenvalue weighted by Crippen LogP contribution is 2.23. The van der Waals surface area contributed by atoms with Crippen LogP contribution in [0.5, 0.6) is 0 Å². The summed E-state index contributed by atoms with van der Waals surface area (Å²) in [6, 6.07) is 3.82. The summed E-state index contributed by atoms with van der Waals surface area (Å²) in [7, 11) is 3.55. The minimum absolute atomic E-state index is 0.124. The summed E-state index contributed by atoms with van der Waals surface area (Å²) in [5.74, 6) is 0.617. The molecule has 0 aliphatic heterocycles. The largest absolute Gasteiger partial charge is 0.308 e. The monoisotopic (exact) mass is 301 g/mol. The molecule has 108 valence electrons. The Morgan fingerprint density at radius 2 is 2.05 bits per heavy atom. The van der Waals surface area contributed by atoms with E-state index in [9.17, 15) is 4.79 Å². The molecule has 0 radical (unpaired) electrons. The highest BCUT2D eigenvalue weighted by Gasteiger charge is 2.22. The number of amides is 1. The molecule has 3 rings (SSSR count). The molecule has 6 nitrogen and oxygen atoms in total. The molecule has 0 aliphatic rings. The van der Waals surface area contributed by atoms with E-state index in [2.05, 4.69) is 10.1 Å². The number of thiazole rings is 1. The highest BCUT2D eigenvalue weighted by atomic mass is 32.1. The number of carbonyl (C=O) groups excluding carboxylic acids is 1. The summed E-state index contributed by atoms with van der Waals surface area (Å²) in [4.78, 5) is 18.6. The summed E-state index contributed by atoms with van der Waals surface area (Å²) in [6.45, 7) is 1.91. The van der Waals surface area contributed by atoms with E-state index in [1.54, 1.807) is 22.8 Å². The average molecular weight is 301 g/mol. The third kappa shape index (κ3) is 2.36. The summed E-state index contributed by atoms with van der Waals surface area (Å²) < 4.78 is 3.56. The Balaban J connectivity index is 1.99. The standard InChI is InChI=1S/C14H15N5OS/c1-10-9-21-14(16-10)17(2)13(20)11-8-15-18(3)12(11)19-6-4-5-7-19/h4-9H,1-3H3. The zero-order valence-corrected chi connectivity index (χ0v) is 12.8. The molecule has 1 amide bonds. The normalized spacial score (nSPS) is 10.8. The minimum atomic E-state index is -0.124. The lowest BCUT2D eigenvalue weighted by Crippen LogP contribution is -2.27. The first-order valence-corrected chi connectivity index (χ1v) is 7.31. The zero-order chi connectivity index (χ0) is 15.0. The van der Waals surface area contributed by atoms with Crippen LogP contribution in [0.15, 0.2) is 36.1 Å². The van der Waals surface area contributed by atoms with E-state index in [1.165, 1.54) is 11.3 Å². The van der Waals surface area contributed by atoms with Crippen molar-refractivity contribution in [3.05, 3.63) is 47.4 Å². The number of carbonyl (C=O) groups is 1. The number of nitrogens with zero attached hydrogens (tertiary/aromatic N) is 5. The van der Waals surface area contributed by atoms with Crippen molar-refractivity contribution >= 4 is 22.4 Å². The summed E-state index contributed by atoms with van der Waals surface area (Å²) in [5.41, 5.74) is 1.45. The Labute approximate surface area is 126 Å². The quantitative estimate of drug-likeness (QED) is 0.745. The lowest BCUT2D eigenvalue weighted by molar-refractivity contribution is 0.0993. The van der Waals surface area contributed by atoms with Crippen molar-refractivity contribution in [1.29, 1.82) is 0 Å². The molecule has 0 unspecified atom stereocenters. The van der Waals surface area contributed by atoms with Gasteiger partial charge in [-0.1, -0.05) is 0 Å². The van der Waals surface area contributed by atoms with Crippen molar-refractivity contribution in [2.75, 3.05) is 11.9 Å². The van der Waals surface area contributed by atoms with Crippen LogP contribution >= 0.6 is 11.3 Å². The van der Waals surface area contributed by atoms with Gasteiger partial charge in [-0.25, -0.2) is 4.98 Å². The number of aromatic nitrogens is 4. The third-order valence-corrected chi connectivity index (χ3v) is 4.22. The fourth-order valence-corrected chi connectivity index (χ4v) is 2.89. The molecule has 0 saturated heterocycles. The fourth-order valence-electron chi connectivity index (χ4n) is 2.13. The Hall–Kier alpha value is -2.41. The van der Waals surface area contributed by atoms with Crippen LogP contribution in [0.2, 0.25) is 0 Å². The summed E-state index contributed by atoms with van der Waals surface area (Å²) in [5, 5.41) is 6.81. The van der Waals surface area contributed by atoms with Crippen LogP contribution < -0.4 is 4.90 Å². The molecule has 7 heteroatoms. The van der Waals surface area contributed by atoms with Crippen LogP contribution in [-0.2, 0) is 7.05 Å². The summed E-state index contributed by atoms with van der Waals surface area (Å²) in [6.07, 6.45) is 5.37. The SMILES string of the molecule is Cc1csc(N(C)C(=O)c2cnn(C)c2-n2cccc2)n1. The molecule has 0 aliphatic carbocycles. The van der Waals surface area contributed by atoms with E-state index < -0.39 is 0 Å². The molecule has 3 heterocycles. The number of hydrogen-bond acceptors (Lipinski definition) is 4. The van der Waals surface area contributed by atoms with Crippen molar-refractivity contribution in [2.45, 2.75) is 6.92 Å². The van der Waals surface area contributed by atoms with Gasteiger partial charge in [-0.2, -0.15) is 5.10 Å². The maximum atomic E-state index is 12.7. The Kier molecular flexibility index (Phi) is 3.34. The molecule has 0 N–H and O–H groups in total. The predicted octanol–water partition coefficient (Wildman–Crippen LogP) is 2.25. The van der Waals surface area contributed by atoms with Crippen molar-refractivity contribution in [2.24, 2.45) is 7.05 Å². The van der Waals surface area contributed by atoms with Gasteiger partial charge >= 0.3 is 0 Å². The van der Waals surface area contributed by atoms with E-state index in [-0.39, 0.29) is 5.91 Å². The molecule has 0 bridgehead atoms. The first-order valence-electron chi connectivity index (χ1n) is 6.43. The molecule has 0 fully saturated rings. The number of aryl methyl sites for hydroxylation is 2. The Morgan fingerprint density at radius 3 is 2.67 bits per heavy atom. The van der Waals surface area contributed by atoms with Gasteiger partial charge in [0.2, 0.25) is 0 Å². The van der Waals surface area contributed by atoms with Gasteiger partial charge in [0.15, 0.2) is 5.13 Å². The van der Waals surface area contributed by atoms with Gasteiger partial charge in [-0.05, 0) is 19.1 Å². The van der Waals surface area contributed by atoms with Gasteiger partial charge in [0.05, 0.1) is 11.9 Å². The van der Waals surface area contributed by atoms with E-state index in [0.717, 1.165) is 11.5 Å². The minimum Gasteiger partial charge on any atom is -0.308 e. The second-order valence-electron chi connectivity index (χ2n) is 4.73. The first-order chi connectivity index (χ1) is 10.1. The Morgan fingerprint density at radius 1 is 1.33 bits per heavy atom. The smallest absolute Gasteiger partial charge is 0.265 e. The van der Waals surface area contributed by atoms with Crippen LogP contribution in [0.1, 0.15) is 16.1 Å². The second-order valence-corrected chi connectivity index (χ2v) is 5.57. The molecule has 3 aromatic rings. The van der Waals surface area contributed by atoms with Crippen molar-refractivity contribution in [1.82, 2.24) is 19.3 Å². The first kappa shape index (κ1) is 13.6. The molecule has 21 heavy (non-hydrogen) atoms. The third-order valence-electron chi connectivity index (χ3n) is 3.19. The maximum Gasteiger partial charge on any atom is 0.265 e. The predicted molar refractivity (Wildman–Crippen MR) is 82.1 cm³/mol. The van der Waals surface area contributed by atoms with Crippen LogP contribution in [0.25, 0.3) is 5.82 Å². The van der Waals surface area contributed by atoms with Crippen LogP contribution in [0.4, 0.5) is 5.13 Å². The van der Waals surface area contributed by atoms with Crippen LogP contribution in [-0.4, -0.2) is 32.3 Å². The van der Waals surface area contributed by atoms with Gasteiger partial charge in [0.1, 0.15) is 11.4 Å². The van der Waals surface area contributed by atoms with Gasteiger partial charge in [0, 0.05) is 31.9 Å². The molecular formula is C14H15N5OS. The lowest BCUT2D eigenvalue weighted by Gasteiger charge is -2.14. The molecule has 0 saturated carbocycles. The van der Waals surface area contributed by atoms with Gasteiger partial charge in [0.25, 0.3) is 5.91 Å². The number of rotatable bonds is 3. The van der Waals surface area contributed by atoms with E-state index >= 15 is 0 Å². The van der Waals surface area contributed by atoms with Crippen molar-refractivity contribution in [3.8, 4) is 5.82 Å². The molecule has 0 atom stereocenters. The topological polar surface area (TPSA) is 56.0 Å². The number of anilines is 1.